The lowest BCUT2D eigenvalue weighted by Crippen LogP contribution is -2.25. The van der Waals surface area contributed by atoms with Gasteiger partial charge in [-0.25, -0.2) is 0 Å². The van der Waals surface area contributed by atoms with E-state index in [0.29, 0.717) is 18.3 Å². The van der Waals surface area contributed by atoms with E-state index in [-0.39, 0.29) is 0 Å². The molecule has 0 atom stereocenters. The number of aromatic nitrogens is 3. The predicted octanol–water partition coefficient (Wildman–Crippen LogP) is 3.52. The van der Waals surface area contributed by atoms with E-state index in [0.717, 1.165) is 24.4 Å². The van der Waals surface area contributed by atoms with Crippen LogP contribution in [-0.2, 0) is 13.1 Å². The maximum atomic E-state index is 5.18. The van der Waals surface area contributed by atoms with Crippen molar-refractivity contribution in [3.05, 3.63) is 71.9 Å². The van der Waals surface area contributed by atoms with Crippen LogP contribution in [0.1, 0.15) is 18.1 Å². The average Bonchev–Trinajstić information content (AvgIpc) is 2.72. The minimum atomic E-state index is 0.621. The second-order valence-electron chi connectivity index (χ2n) is 5.84. The van der Waals surface area contributed by atoms with Crippen molar-refractivity contribution in [3.63, 3.8) is 0 Å². The van der Waals surface area contributed by atoms with Crippen molar-refractivity contribution in [2.45, 2.75) is 20.0 Å². The molecule has 1 N–H and O–H groups in total. The molecular weight excluding hydrogens is 326 g/mol. The highest BCUT2D eigenvalue weighted by molar-refractivity contribution is 5.40. The molecule has 0 aliphatic heterocycles. The third-order valence-corrected chi connectivity index (χ3v) is 4.06. The molecule has 0 amide bonds. The van der Waals surface area contributed by atoms with Gasteiger partial charge < -0.3 is 15.0 Å². The van der Waals surface area contributed by atoms with E-state index in [1.807, 2.05) is 42.5 Å². The van der Waals surface area contributed by atoms with Crippen molar-refractivity contribution in [1.82, 2.24) is 15.2 Å². The van der Waals surface area contributed by atoms with Crippen LogP contribution in [0.15, 0.2) is 60.8 Å². The highest BCUT2D eigenvalue weighted by Crippen LogP contribution is 2.15. The van der Waals surface area contributed by atoms with E-state index in [1.54, 1.807) is 13.3 Å². The van der Waals surface area contributed by atoms with Crippen LogP contribution < -0.4 is 15.0 Å². The number of nitrogens with one attached hydrogen (secondary N) is 1. The van der Waals surface area contributed by atoms with E-state index >= 15 is 0 Å². The molecule has 0 saturated heterocycles. The Kier molecular flexibility index (Phi) is 5.98. The number of hydrogen-bond donors (Lipinski definition) is 1. The highest BCUT2D eigenvalue weighted by atomic mass is 16.5. The van der Waals surface area contributed by atoms with Gasteiger partial charge in [-0.3, -0.25) is 0 Å². The Hall–Kier alpha value is -3.15. The number of anilines is 2. The van der Waals surface area contributed by atoms with Gasteiger partial charge in [0.2, 0.25) is 5.95 Å². The van der Waals surface area contributed by atoms with E-state index < -0.39 is 0 Å². The molecule has 1 aromatic heterocycles. The van der Waals surface area contributed by atoms with Gasteiger partial charge in [0.25, 0.3) is 0 Å². The minimum Gasteiger partial charge on any atom is -0.497 e. The quantitative estimate of drug-likeness (QED) is 0.671. The zero-order valence-electron chi connectivity index (χ0n) is 15.1. The average molecular weight is 349 g/mol. The van der Waals surface area contributed by atoms with Crippen molar-refractivity contribution in [3.8, 4) is 5.75 Å². The summed E-state index contributed by atoms with van der Waals surface area (Å²) in [6, 6.07) is 18.2. The Bertz CT molecular complexity index is 808. The summed E-state index contributed by atoms with van der Waals surface area (Å²) >= 11 is 0. The van der Waals surface area contributed by atoms with Gasteiger partial charge in [0.05, 0.1) is 13.3 Å². The SMILES string of the molecule is CCN(Cc1ccccc1)c1nncc(NCc2ccc(OC)cc2)n1. The van der Waals surface area contributed by atoms with Crippen LogP contribution in [0.25, 0.3) is 0 Å². The van der Waals surface area contributed by atoms with Gasteiger partial charge in [0, 0.05) is 19.6 Å². The lowest BCUT2D eigenvalue weighted by Gasteiger charge is -2.20. The van der Waals surface area contributed by atoms with Crippen molar-refractivity contribution in [2.24, 2.45) is 0 Å². The third kappa shape index (κ3) is 4.69. The molecule has 0 saturated carbocycles. The molecule has 0 aliphatic carbocycles. The molecule has 0 aliphatic rings. The molecule has 6 nitrogen and oxygen atoms in total. The molecule has 0 unspecified atom stereocenters. The molecule has 1 heterocycles. The number of methoxy groups -OCH3 is 1. The van der Waals surface area contributed by atoms with Crippen LogP contribution in [0, 0.1) is 0 Å². The Balaban J connectivity index is 1.66. The minimum absolute atomic E-state index is 0.621. The Morgan fingerprint density at radius 2 is 1.77 bits per heavy atom. The van der Waals surface area contributed by atoms with Crippen LogP contribution in [0.5, 0.6) is 5.75 Å². The smallest absolute Gasteiger partial charge is 0.247 e. The molecule has 134 valence electrons. The maximum Gasteiger partial charge on any atom is 0.247 e. The zero-order chi connectivity index (χ0) is 18.2. The van der Waals surface area contributed by atoms with Crippen molar-refractivity contribution in [2.75, 3.05) is 23.9 Å². The summed E-state index contributed by atoms with van der Waals surface area (Å²) in [4.78, 5) is 6.70. The topological polar surface area (TPSA) is 63.2 Å². The molecule has 0 bridgehead atoms. The first kappa shape index (κ1) is 17.7. The standard InChI is InChI=1S/C20H23N5O/c1-3-25(15-17-7-5-4-6-8-17)20-23-19(14-22-24-20)21-13-16-9-11-18(26-2)12-10-16/h4-12,14H,3,13,15H2,1-2H3,(H,21,23,24). The Morgan fingerprint density at radius 1 is 1.00 bits per heavy atom. The number of rotatable bonds is 8. The number of ether oxygens (including phenoxy) is 1. The lowest BCUT2D eigenvalue weighted by atomic mass is 10.2. The Labute approximate surface area is 153 Å². The Morgan fingerprint density at radius 3 is 2.46 bits per heavy atom. The van der Waals surface area contributed by atoms with Crippen molar-refractivity contribution in [1.29, 1.82) is 0 Å². The molecule has 0 fully saturated rings. The largest absolute Gasteiger partial charge is 0.497 e. The van der Waals surface area contributed by atoms with E-state index in [4.69, 9.17) is 4.74 Å². The van der Waals surface area contributed by atoms with Gasteiger partial charge in [-0.05, 0) is 30.2 Å². The normalized spacial score (nSPS) is 10.4. The molecule has 26 heavy (non-hydrogen) atoms. The zero-order valence-corrected chi connectivity index (χ0v) is 15.1. The lowest BCUT2D eigenvalue weighted by molar-refractivity contribution is 0.414. The van der Waals surface area contributed by atoms with Crippen molar-refractivity contribution < 1.29 is 4.74 Å². The second kappa shape index (κ2) is 8.80. The monoisotopic (exact) mass is 349 g/mol. The first-order valence-electron chi connectivity index (χ1n) is 8.64. The van der Waals surface area contributed by atoms with Gasteiger partial charge in [0.1, 0.15) is 5.75 Å². The molecule has 6 heteroatoms. The number of nitrogens with zero attached hydrogens (tertiary/aromatic N) is 4. The van der Waals surface area contributed by atoms with Gasteiger partial charge in [-0.15, -0.1) is 5.10 Å². The molecular formula is C20H23N5O. The van der Waals surface area contributed by atoms with Gasteiger partial charge in [-0.2, -0.15) is 10.1 Å². The first-order valence-corrected chi connectivity index (χ1v) is 8.64. The summed E-state index contributed by atoms with van der Waals surface area (Å²) in [5, 5.41) is 11.6. The summed E-state index contributed by atoms with van der Waals surface area (Å²) in [7, 11) is 1.66. The maximum absolute atomic E-state index is 5.18. The number of benzene rings is 2. The fraction of sp³-hybridized carbons (Fsp3) is 0.250. The third-order valence-electron chi connectivity index (χ3n) is 4.06. The fourth-order valence-electron chi connectivity index (χ4n) is 2.58. The molecule has 3 aromatic rings. The summed E-state index contributed by atoms with van der Waals surface area (Å²) in [5.74, 6) is 2.17. The van der Waals surface area contributed by atoms with E-state index in [9.17, 15) is 0 Å². The summed E-state index contributed by atoms with van der Waals surface area (Å²) in [5.41, 5.74) is 2.36. The summed E-state index contributed by atoms with van der Waals surface area (Å²) < 4.78 is 5.18. The second-order valence-corrected chi connectivity index (χ2v) is 5.84. The van der Waals surface area contributed by atoms with Crippen molar-refractivity contribution >= 4 is 11.8 Å². The van der Waals surface area contributed by atoms with E-state index in [1.165, 1.54) is 5.56 Å². The van der Waals surface area contributed by atoms with Gasteiger partial charge in [-0.1, -0.05) is 42.5 Å². The molecule has 3 rings (SSSR count). The van der Waals surface area contributed by atoms with E-state index in [2.05, 4.69) is 44.5 Å². The molecule has 0 spiro atoms. The van der Waals surface area contributed by atoms with Crippen LogP contribution in [0.2, 0.25) is 0 Å². The fourth-order valence-corrected chi connectivity index (χ4v) is 2.58. The van der Waals surface area contributed by atoms with Crippen LogP contribution in [0.3, 0.4) is 0 Å². The van der Waals surface area contributed by atoms with Gasteiger partial charge in [0.15, 0.2) is 5.82 Å². The predicted molar refractivity (Wildman–Crippen MR) is 103 cm³/mol. The van der Waals surface area contributed by atoms with Crippen LogP contribution in [0.4, 0.5) is 11.8 Å². The highest BCUT2D eigenvalue weighted by Gasteiger charge is 2.10. The number of hydrogen-bond acceptors (Lipinski definition) is 6. The summed E-state index contributed by atoms with van der Waals surface area (Å²) in [6.07, 6.45) is 1.64. The summed E-state index contributed by atoms with van der Waals surface area (Å²) in [6.45, 7) is 4.30. The van der Waals surface area contributed by atoms with Crippen LogP contribution in [-0.4, -0.2) is 28.8 Å². The van der Waals surface area contributed by atoms with Crippen LogP contribution >= 0.6 is 0 Å². The first-order chi connectivity index (χ1) is 12.8. The van der Waals surface area contributed by atoms with Gasteiger partial charge >= 0.3 is 0 Å². The molecule has 2 aromatic carbocycles. The molecule has 0 radical (unpaired) electrons.